The van der Waals surface area contributed by atoms with Crippen molar-refractivity contribution in [2.75, 3.05) is 5.32 Å². The van der Waals surface area contributed by atoms with Crippen LogP contribution in [-0.2, 0) is 0 Å². The summed E-state index contributed by atoms with van der Waals surface area (Å²) in [5.41, 5.74) is 1.42. The van der Waals surface area contributed by atoms with Gasteiger partial charge in [0, 0.05) is 6.04 Å². The lowest BCUT2D eigenvalue weighted by atomic mass is 9.80. The molecular weight excluding hydrogens is 238 g/mol. The number of imidazole rings is 1. The SMILES string of the molecule is CC(Nc1nc(Cl)nc2nc[nH]c12)C1CCC1. The molecule has 1 unspecified atom stereocenters. The molecule has 90 valence electrons. The van der Waals surface area contributed by atoms with E-state index in [0.29, 0.717) is 11.7 Å². The Labute approximate surface area is 104 Å². The van der Waals surface area contributed by atoms with E-state index in [1.54, 1.807) is 6.33 Å². The first-order chi connectivity index (χ1) is 8.24. The van der Waals surface area contributed by atoms with Crippen LogP contribution in [0.1, 0.15) is 26.2 Å². The Morgan fingerprint density at radius 1 is 1.47 bits per heavy atom. The topological polar surface area (TPSA) is 66.5 Å². The second kappa shape index (κ2) is 4.14. The van der Waals surface area contributed by atoms with Crippen molar-refractivity contribution in [3.8, 4) is 0 Å². The second-order valence-corrected chi connectivity index (χ2v) is 4.90. The Balaban J connectivity index is 1.90. The molecule has 3 rings (SSSR count). The highest BCUT2D eigenvalue weighted by molar-refractivity contribution is 6.28. The Morgan fingerprint density at radius 2 is 2.29 bits per heavy atom. The first-order valence-electron chi connectivity index (χ1n) is 5.87. The molecule has 0 aliphatic heterocycles. The highest BCUT2D eigenvalue weighted by Gasteiger charge is 2.24. The first-order valence-corrected chi connectivity index (χ1v) is 6.25. The minimum absolute atomic E-state index is 0.230. The predicted molar refractivity (Wildman–Crippen MR) is 67.1 cm³/mol. The zero-order valence-electron chi connectivity index (χ0n) is 9.57. The Hall–Kier alpha value is -1.36. The van der Waals surface area contributed by atoms with Crippen LogP contribution in [0.2, 0.25) is 5.28 Å². The van der Waals surface area contributed by atoms with E-state index >= 15 is 0 Å². The Bertz CT molecular complexity index is 534. The lowest BCUT2D eigenvalue weighted by Crippen LogP contribution is -2.31. The molecule has 6 heteroatoms. The summed E-state index contributed by atoms with van der Waals surface area (Å²) >= 11 is 5.88. The molecule has 0 radical (unpaired) electrons. The minimum Gasteiger partial charge on any atom is -0.365 e. The minimum atomic E-state index is 0.230. The Morgan fingerprint density at radius 3 is 3.00 bits per heavy atom. The van der Waals surface area contributed by atoms with Crippen LogP contribution in [-0.4, -0.2) is 26.0 Å². The number of hydrogen-bond acceptors (Lipinski definition) is 4. The number of rotatable bonds is 3. The summed E-state index contributed by atoms with van der Waals surface area (Å²) < 4.78 is 0. The summed E-state index contributed by atoms with van der Waals surface area (Å²) in [7, 11) is 0. The van der Waals surface area contributed by atoms with Gasteiger partial charge in [-0.25, -0.2) is 4.98 Å². The van der Waals surface area contributed by atoms with E-state index in [9.17, 15) is 0 Å². The monoisotopic (exact) mass is 251 g/mol. The van der Waals surface area contributed by atoms with E-state index in [2.05, 4.69) is 32.2 Å². The molecule has 2 aromatic rings. The van der Waals surface area contributed by atoms with Crippen molar-refractivity contribution in [2.24, 2.45) is 5.92 Å². The second-order valence-electron chi connectivity index (χ2n) is 4.57. The van der Waals surface area contributed by atoms with E-state index in [-0.39, 0.29) is 5.28 Å². The van der Waals surface area contributed by atoms with E-state index in [1.165, 1.54) is 19.3 Å². The average Bonchev–Trinajstić information content (AvgIpc) is 2.62. The highest BCUT2D eigenvalue weighted by atomic mass is 35.5. The van der Waals surface area contributed by atoms with Crippen molar-refractivity contribution < 1.29 is 0 Å². The van der Waals surface area contributed by atoms with Gasteiger partial charge < -0.3 is 10.3 Å². The van der Waals surface area contributed by atoms with E-state index < -0.39 is 0 Å². The molecule has 0 amide bonds. The Kier molecular flexibility index (Phi) is 2.63. The molecule has 1 saturated carbocycles. The normalized spacial score (nSPS) is 18.0. The molecule has 5 nitrogen and oxygen atoms in total. The fourth-order valence-electron chi connectivity index (χ4n) is 2.18. The van der Waals surface area contributed by atoms with Crippen molar-refractivity contribution in [1.82, 2.24) is 19.9 Å². The number of anilines is 1. The molecular formula is C11H14ClN5. The van der Waals surface area contributed by atoms with Gasteiger partial charge in [-0.3, -0.25) is 0 Å². The van der Waals surface area contributed by atoms with E-state index in [0.717, 1.165) is 17.3 Å². The van der Waals surface area contributed by atoms with Gasteiger partial charge in [-0.2, -0.15) is 9.97 Å². The number of nitrogens with one attached hydrogen (secondary N) is 2. The number of H-pyrrole nitrogens is 1. The van der Waals surface area contributed by atoms with Crippen molar-refractivity contribution in [2.45, 2.75) is 32.2 Å². The maximum atomic E-state index is 5.88. The largest absolute Gasteiger partial charge is 0.365 e. The number of nitrogens with zero attached hydrogens (tertiary/aromatic N) is 3. The zero-order valence-corrected chi connectivity index (χ0v) is 10.3. The van der Waals surface area contributed by atoms with Crippen molar-refractivity contribution in [1.29, 1.82) is 0 Å². The molecule has 1 atom stereocenters. The standard InChI is InChI=1S/C11H14ClN5/c1-6(7-3-2-4-7)15-10-8-9(14-5-13-8)16-11(12)17-10/h5-7H,2-4H2,1H3,(H2,13,14,15,16,17). The average molecular weight is 252 g/mol. The summed E-state index contributed by atoms with van der Waals surface area (Å²) in [4.78, 5) is 15.4. The van der Waals surface area contributed by atoms with Crippen LogP contribution in [0.15, 0.2) is 6.33 Å². The molecule has 2 N–H and O–H groups in total. The van der Waals surface area contributed by atoms with Gasteiger partial charge in [0.1, 0.15) is 5.52 Å². The molecule has 0 saturated heterocycles. The van der Waals surface area contributed by atoms with E-state index in [4.69, 9.17) is 11.6 Å². The maximum absolute atomic E-state index is 5.88. The third-order valence-corrected chi connectivity index (χ3v) is 3.65. The number of aromatic amines is 1. The predicted octanol–water partition coefficient (Wildman–Crippen LogP) is 2.61. The number of halogens is 1. The molecule has 1 aliphatic carbocycles. The van der Waals surface area contributed by atoms with Crippen LogP contribution in [0.3, 0.4) is 0 Å². The molecule has 2 heterocycles. The van der Waals surface area contributed by atoms with Crippen LogP contribution in [0.4, 0.5) is 5.82 Å². The molecule has 0 bridgehead atoms. The molecule has 0 aromatic carbocycles. The molecule has 1 fully saturated rings. The maximum Gasteiger partial charge on any atom is 0.226 e. The summed E-state index contributed by atoms with van der Waals surface area (Å²) in [5.74, 6) is 1.48. The first kappa shape index (κ1) is 10.8. The van der Waals surface area contributed by atoms with Gasteiger partial charge in [0.05, 0.1) is 6.33 Å². The fourth-order valence-corrected chi connectivity index (χ4v) is 2.35. The van der Waals surface area contributed by atoms with Crippen LogP contribution in [0, 0.1) is 5.92 Å². The summed E-state index contributed by atoms with van der Waals surface area (Å²) in [5, 5.41) is 3.64. The third kappa shape index (κ3) is 1.95. The van der Waals surface area contributed by atoms with Gasteiger partial charge >= 0.3 is 0 Å². The quantitative estimate of drug-likeness (QED) is 0.823. The van der Waals surface area contributed by atoms with E-state index in [1.807, 2.05) is 0 Å². The van der Waals surface area contributed by atoms with Crippen molar-refractivity contribution >= 4 is 28.6 Å². The van der Waals surface area contributed by atoms with Gasteiger partial charge in [-0.15, -0.1) is 0 Å². The molecule has 1 aliphatic rings. The van der Waals surface area contributed by atoms with Crippen LogP contribution >= 0.6 is 11.6 Å². The highest BCUT2D eigenvalue weighted by Crippen LogP contribution is 2.31. The van der Waals surface area contributed by atoms with Gasteiger partial charge in [0.15, 0.2) is 11.5 Å². The number of aromatic nitrogens is 4. The third-order valence-electron chi connectivity index (χ3n) is 3.48. The van der Waals surface area contributed by atoms with Gasteiger partial charge in [0.2, 0.25) is 5.28 Å². The summed E-state index contributed by atoms with van der Waals surface area (Å²) in [6.45, 7) is 2.18. The van der Waals surface area contributed by atoms with Gasteiger partial charge in [-0.1, -0.05) is 6.42 Å². The van der Waals surface area contributed by atoms with Gasteiger partial charge in [-0.05, 0) is 37.3 Å². The zero-order chi connectivity index (χ0) is 11.8. The fraction of sp³-hybridized carbons (Fsp3) is 0.545. The number of fused-ring (bicyclic) bond motifs is 1. The van der Waals surface area contributed by atoms with Gasteiger partial charge in [0.25, 0.3) is 0 Å². The van der Waals surface area contributed by atoms with Crippen molar-refractivity contribution in [3.63, 3.8) is 0 Å². The lowest BCUT2D eigenvalue weighted by Gasteiger charge is -2.32. The number of hydrogen-bond donors (Lipinski definition) is 2. The smallest absolute Gasteiger partial charge is 0.226 e. The van der Waals surface area contributed by atoms with Crippen LogP contribution in [0.5, 0.6) is 0 Å². The molecule has 2 aromatic heterocycles. The molecule has 0 spiro atoms. The summed E-state index contributed by atoms with van der Waals surface area (Å²) in [6, 6.07) is 0.404. The van der Waals surface area contributed by atoms with Crippen LogP contribution < -0.4 is 5.32 Å². The summed E-state index contributed by atoms with van der Waals surface area (Å²) in [6.07, 6.45) is 5.52. The lowest BCUT2D eigenvalue weighted by molar-refractivity contribution is 0.285. The van der Waals surface area contributed by atoms with Crippen molar-refractivity contribution in [3.05, 3.63) is 11.6 Å². The van der Waals surface area contributed by atoms with Crippen LogP contribution in [0.25, 0.3) is 11.2 Å². The molecule has 17 heavy (non-hydrogen) atoms.